The molecule has 1 radical (unpaired) electrons. The topological polar surface area (TPSA) is 67.2 Å². The third-order valence-electron chi connectivity index (χ3n) is 4.40. The zero-order valence-electron chi connectivity index (χ0n) is 15.6. The highest BCUT2D eigenvalue weighted by Crippen LogP contribution is 2.16. The first kappa shape index (κ1) is 22.0. The zero-order valence-corrected chi connectivity index (χ0v) is 16.5. The number of hydrogen-bond acceptors (Lipinski definition) is 3. The molecule has 1 aromatic rings. The van der Waals surface area contributed by atoms with Crippen molar-refractivity contribution in [2.75, 3.05) is 6.61 Å². The number of nitrogens with one attached hydrogen (secondary N) is 1. The van der Waals surface area contributed by atoms with E-state index in [4.69, 9.17) is 9.88 Å². The molecular weight excluding hydrogens is 334 g/mol. The monoisotopic (exact) mass is 368 g/mol. The van der Waals surface area contributed by atoms with Crippen LogP contribution in [0.1, 0.15) is 84.0 Å². The van der Waals surface area contributed by atoms with E-state index in [9.17, 15) is 8.42 Å². The minimum absolute atomic E-state index is 0.00483. The smallest absolute Gasteiger partial charge is 0.254 e. The molecule has 0 saturated carbocycles. The first-order chi connectivity index (χ1) is 12.0. The average molecular weight is 369 g/mol. The first-order valence-electron chi connectivity index (χ1n) is 9.76. The summed E-state index contributed by atoms with van der Waals surface area (Å²) in [5, 5.41) is 6.99. The first-order valence-corrected chi connectivity index (χ1v) is 11.2. The largest absolute Gasteiger partial charge is 0.494 e. The summed E-state index contributed by atoms with van der Waals surface area (Å²) in [6.45, 7) is 2.91. The highest BCUT2D eigenvalue weighted by atomic mass is 32.2. The summed E-state index contributed by atoms with van der Waals surface area (Å²) in [7, 11) is -3.87. The van der Waals surface area contributed by atoms with Crippen molar-refractivity contribution in [2.45, 2.75) is 88.9 Å². The Kier molecular flexibility index (Phi) is 11.6. The number of unbranched alkanes of at least 4 members (excludes halogenated alkanes) is 11. The molecule has 0 aliphatic carbocycles. The van der Waals surface area contributed by atoms with Gasteiger partial charge in [0.1, 0.15) is 5.75 Å². The van der Waals surface area contributed by atoms with Crippen LogP contribution in [-0.2, 0) is 10.0 Å². The number of ether oxygens (including phenoxy) is 1. The molecule has 143 valence electrons. The van der Waals surface area contributed by atoms with Gasteiger partial charge in [-0.3, -0.25) is 0 Å². The maximum Gasteiger partial charge on any atom is 0.254 e. The third-order valence-corrected chi connectivity index (χ3v) is 5.29. The van der Waals surface area contributed by atoms with E-state index in [1.807, 2.05) is 0 Å². The Morgan fingerprint density at radius 2 is 1.20 bits per heavy atom. The number of hydrogen-bond donors (Lipinski definition) is 0. The minimum Gasteiger partial charge on any atom is -0.494 e. The van der Waals surface area contributed by atoms with Gasteiger partial charge < -0.3 is 4.74 Å². The fourth-order valence-electron chi connectivity index (χ4n) is 2.85. The number of sulfonamides is 1. The van der Waals surface area contributed by atoms with Crippen molar-refractivity contribution >= 4 is 10.0 Å². The van der Waals surface area contributed by atoms with Crippen molar-refractivity contribution in [3.8, 4) is 5.75 Å². The van der Waals surface area contributed by atoms with Crippen molar-refractivity contribution in [1.82, 2.24) is 5.14 Å². The Hall–Kier alpha value is -1.07. The lowest BCUT2D eigenvalue weighted by molar-refractivity contribution is 0.304. The molecule has 0 aliphatic heterocycles. The summed E-state index contributed by atoms with van der Waals surface area (Å²) in [4.78, 5) is 0.00483. The Balaban J connectivity index is 1.93. The van der Waals surface area contributed by atoms with Crippen LogP contribution >= 0.6 is 0 Å². The van der Waals surface area contributed by atoms with E-state index in [0.717, 1.165) is 6.42 Å². The fourth-order valence-corrected chi connectivity index (χ4v) is 3.34. The van der Waals surface area contributed by atoms with Crippen molar-refractivity contribution in [3.63, 3.8) is 0 Å². The van der Waals surface area contributed by atoms with Crippen LogP contribution < -0.4 is 9.88 Å². The Morgan fingerprint density at radius 3 is 1.64 bits per heavy atom. The van der Waals surface area contributed by atoms with E-state index in [1.165, 1.54) is 82.8 Å². The molecule has 1 aromatic carbocycles. The van der Waals surface area contributed by atoms with Crippen LogP contribution in [-0.4, -0.2) is 15.0 Å². The SMILES string of the molecule is CCCCCCCCCCCCCCOc1ccc(S([NH])(=O)=O)cc1. The van der Waals surface area contributed by atoms with Gasteiger partial charge in [-0.2, -0.15) is 0 Å². The van der Waals surface area contributed by atoms with Gasteiger partial charge in [0, 0.05) is 0 Å². The maximum atomic E-state index is 11.1. The number of rotatable bonds is 15. The van der Waals surface area contributed by atoms with Crippen molar-refractivity contribution in [3.05, 3.63) is 24.3 Å². The summed E-state index contributed by atoms with van der Waals surface area (Å²) in [6, 6.07) is 6.06. The van der Waals surface area contributed by atoms with Gasteiger partial charge in [0.25, 0.3) is 10.0 Å². The lowest BCUT2D eigenvalue weighted by Gasteiger charge is -2.07. The lowest BCUT2D eigenvalue weighted by atomic mass is 10.1. The van der Waals surface area contributed by atoms with E-state index in [1.54, 1.807) is 12.1 Å². The molecule has 0 bridgehead atoms. The number of benzene rings is 1. The summed E-state index contributed by atoms with van der Waals surface area (Å²) in [5.74, 6) is 0.662. The fraction of sp³-hybridized carbons (Fsp3) is 0.700. The third kappa shape index (κ3) is 11.2. The van der Waals surface area contributed by atoms with Crippen molar-refractivity contribution in [1.29, 1.82) is 0 Å². The molecule has 0 aromatic heterocycles. The summed E-state index contributed by atoms with van der Waals surface area (Å²) >= 11 is 0. The van der Waals surface area contributed by atoms with Crippen LogP contribution in [0, 0.1) is 0 Å². The van der Waals surface area contributed by atoms with Gasteiger partial charge >= 0.3 is 0 Å². The molecule has 0 spiro atoms. The Labute approximate surface area is 154 Å². The molecule has 1 rings (SSSR count). The van der Waals surface area contributed by atoms with Gasteiger partial charge in [-0.15, -0.1) is 5.14 Å². The van der Waals surface area contributed by atoms with Gasteiger partial charge in [0.2, 0.25) is 0 Å². The second kappa shape index (κ2) is 13.2. The van der Waals surface area contributed by atoms with Gasteiger partial charge in [-0.1, -0.05) is 77.6 Å². The molecule has 0 heterocycles. The summed E-state index contributed by atoms with van der Waals surface area (Å²) in [6.07, 6.45) is 15.8. The molecule has 0 atom stereocenters. The predicted molar refractivity (Wildman–Crippen MR) is 103 cm³/mol. The summed E-state index contributed by atoms with van der Waals surface area (Å²) < 4.78 is 27.7. The highest BCUT2D eigenvalue weighted by Gasteiger charge is 2.07. The van der Waals surface area contributed by atoms with E-state index >= 15 is 0 Å². The summed E-state index contributed by atoms with van der Waals surface area (Å²) in [5.41, 5.74) is 0. The van der Waals surface area contributed by atoms with Gasteiger partial charge in [0.15, 0.2) is 0 Å². The molecule has 0 aliphatic rings. The van der Waals surface area contributed by atoms with Crippen LogP contribution in [0.25, 0.3) is 0 Å². The standard InChI is InChI=1S/C20H34NO3S/c1-2-3-4-5-6-7-8-9-10-11-12-13-18-24-19-14-16-20(17-15-19)25(21,22)23/h14-17,21H,2-13,18H2,1H3. The predicted octanol–water partition coefficient (Wildman–Crippen LogP) is 5.74. The van der Waals surface area contributed by atoms with Gasteiger partial charge in [0.05, 0.1) is 11.5 Å². The Morgan fingerprint density at radius 1 is 0.760 bits per heavy atom. The van der Waals surface area contributed by atoms with Crippen LogP contribution in [0.15, 0.2) is 29.2 Å². The van der Waals surface area contributed by atoms with E-state index < -0.39 is 10.0 Å². The highest BCUT2D eigenvalue weighted by molar-refractivity contribution is 7.88. The quantitative estimate of drug-likeness (QED) is 0.371. The van der Waals surface area contributed by atoms with Crippen LogP contribution in [0.2, 0.25) is 0 Å². The molecular formula is C20H34NO3S. The van der Waals surface area contributed by atoms with Gasteiger partial charge in [-0.25, -0.2) is 8.42 Å². The molecule has 0 saturated heterocycles. The van der Waals surface area contributed by atoms with E-state index in [-0.39, 0.29) is 4.90 Å². The second-order valence-corrected chi connectivity index (χ2v) is 8.19. The lowest BCUT2D eigenvalue weighted by Crippen LogP contribution is -2.01. The molecule has 0 amide bonds. The second-order valence-electron chi connectivity index (χ2n) is 6.71. The molecule has 0 fully saturated rings. The molecule has 4 nitrogen and oxygen atoms in total. The van der Waals surface area contributed by atoms with Crippen molar-refractivity contribution in [2.24, 2.45) is 0 Å². The van der Waals surface area contributed by atoms with E-state index in [0.29, 0.717) is 12.4 Å². The van der Waals surface area contributed by atoms with Crippen LogP contribution in [0.5, 0.6) is 5.75 Å². The molecule has 1 N–H and O–H groups in total. The van der Waals surface area contributed by atoms with Crippen molar-refractivity contribution < 1.29 is 13.2 Å². The molecule has 25 heavy (non-hydrogen) atoms. The zero-order chi connectivity index (χ0) is 18.4. The van der Waals surface area contributed by atoms with Crippen LogP contribution in [0.3, 0.4) is 0 Å². The minimum atomic E-state index is -3.87. The van der Waals surface area contributed by atoms with E-state index in [2.05, 4.69) is 6.92 Å². The van der Waals surface area contributed by atoms with Gasteiger partial charge in [-0.05, 0) is 30.7 Å². The molecule has 5 heteroatoms. The van der Waals surface area contributed by atoms with Crippen LogP contribution in [0.4, 0.5) is 0 Å². The normalized spacial score (nSPS) is 11.6. The Bertz CT molecular complexity index is 541. The molecule has 0 unspecified atom stereocenters. The average Bonchev–Trinajstić information content (AvgIpc) is 2.58. The maximum absolute atomic E-state index is 11.1.